The number of nitrogens with one attached hydrogen (secondary N) is 1. The van der Waals surface area contributed by atoms with Crippen LogP contribution in [-0.2, 0) is 9.53 Å². The molecule has 0 unspecified atom stereocenters. The minimum Gasteiger partial charge on any atom is -0.452 e. The zero-order valence-corrected chi connectivity index (χ0v) is 16.6. The first kappa shape index (κ1) is 20.3. The van der Waals surface area contributed by atoms with E-state index in [9.17, 15) is 9.59 Å². The number of amides is 1. The summed E-state index contributed by atoms with van der Waals surface area (Å²) >= 11 is 0. The molecule has 0 saturated heterocycles. The molecule has 1 aromatic heterocycles. The lowest BCUT2D eigenvalue weighted by Crippen LogP contribution is -2.33. The third-order valence-electron chi connectivity index (χ3n) is 4.45. The van der Waals surface area contributed by atoms with E-state index in [1.165, 1.54) is 0 Å². The van der Waals surface area contributed by atoms with Crippen LogP contribution < -0.4 is 5.32 Å². The van der Waals surface area contributed by atoms with E-state index in [0.717, 1.165) is 17.7 Å². The maximum Gasteiger partial charge on any atom is 0.338 e. The molecule has 0 bridgehead atoms. The van der Waals surface area contributed by atoms with Crippen molar-refractivity contribution in [3.63, 3.8) is 0 Å². The van der Waals surface area contributed by atoms with Crippen LogP contribution in [0.25, 0.3) is 5.69 Å². The molecule has 0 aliphatic heterocycles. The zero-order chi connectivity index (χ0) is 20.6. The summed E-state index contributed by atoms with van der Waals surface area (Å²) in [5.74, 6) is -0.440. The smallest absolute Gasteiger partial charge is 0.338 e. The van der Waals surface area contributed by atoms with Crippen LogP contribution in [0.3, 0.4) is 0 Å². The Bertz CT molecular complexity index is 920. The molecular formula is C23H25N3O3. The van der Waals surface area contributed by atoms with E-state index in [1.54, 1.807) is 35.1 Å². The van der Waals surface area contributed by atoms with Crippen molar-refractivity contribution in [3.05, 3.63) is 84.2 Å². The van der Waals surface area contributed by atoms with Gasteiger partial charge in [-0.2, -0.15) is 5.10 Å². The van der Waals surface area contributed by atoms with Gasteiger partial charge in [-0.05, 0) is 48.2 Å². The fourth-order valence-electron chi connectivity index (χ4n) is 3.06. The van der Waals surface area contributed by atoms with Gasteiger partial charge in [-0.25, -0.2) is 9.48 Å². The predicted molar refractivity (Wildman–Crippen MR) is 111 cm³/mol. The second kappa shape index (κ2) is 9.68. The highest BCUT2D eigenvalue weighted by Gasteiger charge is 2.17. The number of hydrogen-bond donors (Lipinski definition) is 1. The molecule has 0 radical (unpaired) electrons. The molecule has 1 N–H and O–H groups in total. The quantitative estimate of drug-likeness (QED) is 0.591. The van der Waals surface area contributed by atoms with Gasteiger partial charge in [0, 0.05) is 12.4 Å². The summed E-state index contributed by atoms with van der Waals surface area (Å²) in [5.41, 5.74) is 2.26. The lowest BCUT2D eigenvalue weighted by molar-refractivity contribution is -0.125. The van der Waals surface area contributed by atoms with Crippen LogP contribution in [-0.4, -0.2) is 28.3 Å². The van der Waals surface area contributed by atoms with E-state index >= 15 is 0 Å². The van der Waals surface area contributed by atoms with Gasteiger partial charge in [-0.1, -0.05) is 44.2 Å². The van der Waals surface area contributed by atoms with Crippen LogP contribution in [0.1, 0.15) is 42.2 Å². The largest absolute Gasteiger partial charge is 0.452 e. The van der Waals surface area contributed by atoms with Gasteiger partial charge in [0.2, 0.25) is 0 Å². The Morgan fingerprint density at radius 3 is 2.38 bits per heavy atom. The molecular weight excluding hydrogens is 366 g/mol. The molecule has 0 aliphatic rings. The number of carbonyl (C=O) groups excluding carboxylic acids is 2. The minimum atomic E-state index is -0.535. The molecule has 0 aliphatic carbocycles. The normalized spacial score (nSPS) is 11.8. The minimum absolute atomic E-state index is 0.115. The zero-order valence-electron chi connectivity index (χ0n) is 16.6. The number of hydrogen-bond acceptors (Lipinski definition) is 4. The van der Waals surface area contributed by atoms with E-state index in [-0.39, 0.29) is 18.6 Å². The van der Waals surface area contributed by atoms with E-state index < -0.39 is 5.97 Å². The van der Waals surface area contributed by atoms with E-state index in [1.807, 2.05) is 42.6 Å². The molecule has 2 aromatic carbocycles. The summed E-state index contributed by atoms with van der Waals surface area (Å²) < 4.78 is 6.88. The van der Waals surface area contributed by atoms with Crippen LogP contribution >= 0.6 is 0 Å². The average molecular weight is 391 g/mol. The second-order valence-electron chi connectivity index (χ2n) is 7.23. The van der Waals surface area contributed by atoms with Crippen molar-refractivity contribution in [2.24, 2.45) is 5.92 Å². The molecule has 0 fully saturated rings. The fraction of sp³-hybridized carbons (Fsp3) is 0.261. The SMILES string of the molecule is CC(C)C[C@H](NC(=O)COC(=O)c1ccc(-n2cccn2)cc1)c1ccccc1. The molecule has 0 spiro atoms. The van der Waals surface area contributed by atoms with Crippen LogP contribution in [0.15, 0.2) is 73.1 Å². The lowest BCUT2D eigenvalue weighted by atomic mass is 9.97. The summed E-state index contributed by atoms with van der Waals surface area (Å²) in [6.07, 6.45) is 4.30. The summed E-state index contributed by atoms with van der Waals surface area (Å²) in [4.78, 5) is 24.6. The molecule has 1 atom stereocenters. The Hall–Kier alpha value is -3.41. The summed E-state index contributed by atoms with van der Waals surface area (Å²) in [6.45, 7) is 3.89. The maximum atomic E-state index is 12.4. The monoisotopic (exact) mass is 391 g/mol. The Balaban J connectivity index is 1.55. The van der Waals surface area contributed by atoms with Gasteiger partial charge in [0.1, 0.15) is 0 Å². The number of rotatable bonds is 8. The van der Waals surface area contributed by atoms with Crippen molar-refractivity contribution in [2.45, 2.75) is 26.3 Å². The van der Waals surface area contributed by atoms with Crippen molar-refractivity contribution in [1.82, 2.24) is 15.1 Å². The molecule has 150 valence electrons. The van der Waals surface area contributed by atoms with Crippen LogP contribution in [0.4, 0.5) is 0 Å². The topological polar surface area (TPSA) is 73.2 Å². The molecule has 6 heteroatoms. The standard InChI is InChI=1S/C23H25N3O3/c1-17(2)15-21(18-7-4-3-5-8-18)25-22(27)16-29-23(28)19-9-11-20(12-10-19)26-14-6-13-24-26/h3-14,17,21H,15-16H2,1-2H3,(H,25,27)/t21-/m0/s1. The molecule has 1 amide bonds. The first-order valence-corrected chi connectivity index (χ1v) is 9.64. The molecule has 29 heavy (non-hydrogen) atoms. The van der Waals surface area contributed by atoms with E-state index in [4.69, 9.17) is 4.74 Å². The highest BCUT2D eigenvalue weighted by atomic mass is 16.5. The van der Waals surface area contributed by atoms with Gasteiger partial charge in [0.25, 0.3) is 5.91 Å². The Kier molecular flexibility index (Phi) is 6.79. The number of ether oxygens (including phenoxy) is 1. The van der Waals surface area contributed by atoms with Crippen LogP contribution in [0, 0.1) is 5.92 Å². The van der Waals surface area contributed by atoms with E-state index in [0.29, 0.717) is 11.5 Å². The Morgan fingerprint density at radius 1 is 1.03 bits per heavy atom. The summed E-state index contributed by atoms with van der Waals surface area (Å²) in [6, 6.07) is 18.4. The van der Waals surface area contributed by atoms with Crippen molar-refractivity contribution in [3.8, 4) is 5.69 Å². The Labute approximate surface area is 170 Å². The van der Waals surface area contributed by atoms with Gasteiger partial charge >= 0.3 is 5.97 Å². The van der Waals surface area contributed by atoms with Gasteiger partial charge in [0.05, 0.1) is 17.3 Å². The summed E-state index contributed by atoms with van der Waals surface area (Å²) in [7, 11) is 0. The van der Waals surface area contributed by atoms with Crippen molar-refractivity contribution in [2.75, 3.05) is 6.61 Å². The van der Waals surface area contributed by atoms with Gasteiger partial charge in [-0.15, -0.1) is 0 Å². The number of nitrogens with zero attached hydrogens (tertiary/aromatic N) is 2. The van der Waals surface area contributed by atoms with Crippen molar-refractivity contribution in [1.29, 1.82) is 0 Å². The average Bonchev–Trinajstić information content (AvgIpc) is 3.27. The predicted octanol–water partition coefficient (Wildman–Crippen LogP) is 3.93. The summed E-state index contributed by atoms with van der Waals surface area (Å²) in [5, 5.41) is 7.11. The van der Waals surface area contributed by atoms with Gasteiger partial charge in [-0.3, -0.25) is 4.79 Å². The number of carbonyl (C=O) groups is 2. The van der Waals surface area contributed by atoms with E-state index in [2.05, 4.69) is 24.3 Å². The highest BCUT2D eigenvalue weighted by Crippen LogP contribution is 2.21. The number of aromatic nitrogens is 2. The molecule has 3 rings (SSSR count). The third-order valence-corrected chi connectivity index (χ3v) is 4.45. The lowest BCUT2D eigenvalue weighted by Gasteiger charge is -2.21. The van der Waals surface area contributed by atoms with Crippen LogP contribution in [0.5, 0.6) is 0 Å². The van der Waals surface area contributed by atoms with Gasteiger partial charge in [0.15, 0.2) is 6.61 Å². The van der Waals surface area contributed by atoms with Crippen molar-refractivity contribution >= 4 is 11.9 Å². The fourth-order valence-corrected chi connectivity index (χ4v) is 3.06. The number of esters is 1. The highest BCUT2D eigenvalue weighted by molar-refractivity contribution is 5.91. The third kappa shape index (κ3) is 5.78. The number of benzene rings is 2. The first-order chi connectivity index (χ1) is 14.0. The van der Waals surface area contributed by atoms with Gasteiger partial charge < -0.3 is 10.1 Å². The molecule has 1 heterocycles. The first-order valence-electron chi connectivity index (χ1n) is 9.64. The molecule has 0 saturated carbocycles. The molecule has 3 aromatic rings. The molecule has 6 nitrogen and oxygen atoms in total. The second-order valence-corrected chi connectivity index (χ2v) is 7.23. The maximum absolute atomic E-state index is 12.4. The Morgan fingerprint density at radius 2 is 1.76 bits per heavy atom. The van der Waals surface area contributed by atoms with Crippen molar-refractivity contribution < 1.29 is 14.3 Å². The van der Waals surface area contributed by atoms with Crippen LogP contribution in [0.2, 0.25) is 0 Å².